The Morgan fingerprint density at radius 1 is 0.787 bits per heavy atom. The van der Waals surface area contributed by atoms with Crippen LogP contribution in [-0.2, 0) is 40.0 Å². The second-order valence-electron chi connectivity index (χ2n) is 12.0. The molecule has 13 N–H and O–H groups in total. The average Bonchev–Trinajstić information content (AvgIpc) is 3.50. The molecular weight excluding hydrogens is 616 g/mol. The van der Waals surface area contributed by atoms with Crippen LogP contribution in [0, 0.1) is 11.8 Å². The van der Waals surface area contributed by atoms with Crippen LogP contribution in [0.25, 0.3) is 0 Å². The van der Waals surface area contributed by atoms with Crippen LogP contribution in [0.1, 0.15) is 66.0 Å². The number of primary amides is 1. The van der Waals surface area contributed by atoms with Crippen LogP contribution in [-0.4, -0.2) is 99.3 Å². The van der Waals surface area contributed by atoms with Crippen molar-refractivity contribution in [1.82, 2.24) is 36.6 Å². The van der Waals surface area contributed by atoms with Crippen molar-refractivity contribution in [2.45, 2.75) is 103 Å². The fourth-order valence-electron chi connectivity index (χ4n) is 4.38. The molecule has 1 heterocycles. The molecule has 0 bridgehead atoms. The van der Waals surface area contributed by atoms with Gasteiger partial charge in [-0.1, -0.05) is 34.1 Å². The molecule has 0 fully saturated rings. The number of carboxylic acids is 1. The number of aliphatic carboxylic acids is 1. The van der Waals surface area contributed by atoms with Crippen LogP contribution < -0.4 is 43.8 Å². The molecule has 0 aromatic carbocycles. The van der Waals surface area contributed by atoms with Gasteiger partial charge < -0.3 is 53.9 Å². The molecule has 6 atom stereocenters. The summed E-state index contributed by atoms with van der Waals surface area (Å²) in [6.45, 7) is 8.38. The number of imidazole rings is 1. The van der Waals surface area contributed by atoms with Crippen LogP contribution in [0.3, 0.4) is 0 Å². The highest BCUT2D eigenvalue weighted by atomic mass is 16.4. The highest BCUT2D eigenvalue weighted by Gasteiger charge is 2.34. The van der Waals surface area contributed by atoms with Crippen molar-refractivity contribution < 1.29 is 38.7 Å². The average molecular weight is 667 g/mol. The molecule has 0 spiro atoms. The molecule has 264 valence electrons. The first-order valence-electron chi connectivity index (χ1n) is 15.4. The largest absolute Gasteiger partial charge is 0.480 e. The number of nitrogens with two attached hydrogens (primary N) is 3. The zero-order valence-electron chi connectivity index (χ0n) is 27.5. The lowest BCUT2D eigenvalue weighted by atomic mass is 9.99. The molecule has 0 aliphatic heterocycles. The maximum absolute atomic E-state index is 13.3. The maximum atomic E-state index is 13.3. The summed E-state index contributed by atoms with van der Waals surface area (Å²) in [6.07, 6.45) is 3.96. The SMILES string of the molecule is CC(NC(=O)C(Cc1cnc[nH]1)NC(=O)C(N)CCCCN)C(=O)NC(C(=O)NC(C(=O)NC(CC(N)=O)C(=O)O)C(C)C)C(C)C. The summed E-state index contributed by atoms with van der Waals surface area (Å²) in [4.78, 5) is 94.8. The molecular formula is C29H50N10O8. The summed E-state index contributed by atoms with van der Waals surface area (Å²) in [5.74, 6) is -6.98. The summed E-state index contributed by atoms with van der Waals surface area (Å²) in [7, 11) is 0. The van der Waals surface area contributed by atoms with Crippen LogP contribution in [0.15, 0.2) is 12.5 Å². The number of hydrogen-bond donors (Lipinski definition) is 10. The predicted molar refractivity (Wildman–Crippen MR) is 170 cm³/mol. The Labute approximate surface area is 273 Å². The number of amides is 6. The number of aromatic amines is 1. The van der Waals surface area contributed by atoms with Crippen molar-refractivity contribution in [3.63, 3.8) is 0 Å². The van der Waals surface area contributed by atoms with Gasteiger partial charge >= 0.3 is 5.97 Å². The molecule has 6 amide bonds. The molecule has 0 aliphatic rings. The van der Waals surface area contributed by atoms with E-state index in [2.05, 4.69) is 36.6 Å². The van der Waals surface area contributed by atoms with Gasteiger partial charge in [0, 0.05) is 18.3 Å². The number of aromatic nitrogens is 2. The van der Waals surface area contributed by atoms with Crippen molar-refractivity contribution in [3.05, 3.63) is 18.2 Å². The lowest BCUT2D eigenvalue weighted by Crippen LogP contribution is -2.60. The van der Waals surface area contributed by atoms with Gasteiger partial charge in [-0.15, -0.1) is 0 Å². The van der Waals surface area contributed by atoms with Gasteiger partial charge in [0.2, 0.25) is 35.4 Å². The fourth-order valence-corrected chi connectivity index (χ4v) is 4.38. The summed E-state index contributed by atoms with van der Waals surface area (Å²) < 4.78 is 0. The fraction of sp³-hybridized carbons (Fsp3) is 0.655. The van der Waals surface area contributed by atoms with E-state index in [0.29, 0.717) is 31.5 Å². The third-order valence-electron chi connectivity index (χ3n) is 7.18. The summed E-state index contributed by atoms with van der Waals surface area (Å²) >= 11 is 0. The summed E-state index contributed by atoms with van der Waals surface area (Å²) in [6, 6.07) is -7.14. The molecule has 1 aromatic rings. The van der Waals surface area contributed by atoms with Crippen LogP contribution in [0.4, 0.5) is 0 Å². The van der Waals surface area contributed by atoms with Gasteiger partial charge in [0.15, 0.2) is 0 Å². The van der Waals surface area contributed by atoms with Gasteiger partial charge in [-0.05, 0) is 38.1 Å². The molecule has 1 aromatic heterocycles. The maximum Gasteiger partial charge on any atom is 0.326 e. The Balaban J connectivity index is 2.99. The number of hydrogen-bond acceptors (Lipinski definition) is 10. The number of nitrogens with zero attached hydrogens (tertiary/aromatic N) is 1. The van der Waals surface area contributed by atoms with E-state index in [0.717, 1.165) is 0 Å². The highest BCUT2D eigenvalue weighted by molar-refractivity contribution is 5.96. The standard InChI is InChI=1S/C29H50N10O8/c1-14(2)22(27(44)37-20(29(46)47)11-21(32)40)39-28(45)23(15(3)4)38-24(41)16(5)35-26(43)19(10-17-12-33-13-34-17)36-25(42)18(31)8-6-7-9-30/h12-16,18-20,22-23H,6-11,30-31H2,1-5H3,(H2,32,40)(H,33,34)(H,35,43)(H,36,42)(H,37,44)(H,38,41)(H,39,45)(H,46,47). The molecule has 47 heavy (non-hydrogen) atoms. The number of carbonyl (C=O) groups is 7. The number of H-pyrrole nitrogens is 1. The Morgan fingerprint density at radius 3 is 1.83 bits per heavy atom. The van der Waals surface area contributed by atoms with E-state index in [9.17, 15) is 38.7 Å². The lowest BCUT2D eigenvalue weighted by molar-refractivity contribution is -0.144. The van der Waals surface area contributed by atoms with Gasteiger partial charge in [-0.3, -0.25) is 28.8 Å². The van der Waals surface area contributed by atoms with E-state index in [4.69, 9.17) is 17.2 Å². The molecule has 1 rings (SSSR count). The molecule has 0 saturated heterocycles. The Bertz CT molecular complexity index is 1220. The molecule has 18 nitrogen and oxygen atoms in total. The third kappa shape index (κ3) is 14.2. The monoisotopic (exact) mass is 666 g/mol. The van der Waals surface area contributed by atoms with Crippen LogP contribution >= 0.6 is 0 Å². The topological polar surface area (TPSA) is 307 Å². The number of carbonyl (C=O) groups excluding carboxylic acids is 6. The first kappa shape index (κ1) is 40.4. The number of carboxylic acid groups (broad SMARTS) is 1. The number of unbranched alkanes of at least 4 members (excludes halogenated alkanes) is 1. The van der Waals surface area contributed by atoms with Crippen molar-refractivity contribution in [2.24, 2.45) is 29.0 Å². The minimum atomic E-state index is -1.60. The molecule has 6 unspecified atom stereocenters. The van der Waals surface area contributed by atoms with E-state index in [1.54, 1.807) is 27.7 Å². The first-order chi connectivity index (χ1) is 22.0. The smallest absolute Gasteiger partial charge is 0.326 e. The van der Waals surface area contributed by atoms with Gasteiger partial charge in [-0.2, -0.15) is 0 Å². The molecule has 0 aliphatic carbocycles. The van der Waals surface area contributed by atoms with Gasteiger partial charge in [-0.25, -0.2) is 9.78 Å². The Morgan fingerprint density at radius 2 is 1.34 bits per heavy atom. The minimum absolute atomic E-state index is 0.0271. The molecule has 18 heteroatoms. The van der Waals surface area contributed by atoms with E-state index < -0.39 is 95.9 Å². The second kappa shape index (κ2) is 19.8. The van der Waals surface area contributed by atoms with Crippen LogP contribution in [0.2, 0.25) is 0 Å². The highest BCUT2D eigenvalue weighted by Crippen LogP contribution is 2.09. The summed E-state index contributed by atoms with van der Waals surface area (Å²) in [5.41, 5.74) is 17.1. The van der Waals surface area contributed by atoms with E-state index >= 15 is 0 Å². The zero-order valence-corrected chi connectivity index (χ0v) is 27.5. The summed E-state index contributed by atoms with van der Waals surface area (Å²) in [5, 5.41) is 21.8. The molecule has 0 saturated carbocycles. The zero-order chi connectivity index (χ0) is 35.8. The van der Waals surface area contributed by atoms with E-state index in [1.807, 2.05) is 0 Å². The second-order valence-corrected chi connectivity index (χ2v) is 12.0. The predicted octanol–water partition coefficient (Wildman–Crippen LogP) is -2.88. The first-order valence-corrected chi connectivity index (χ1v) is 15.4. The quantitative estimate of drug-likeness (QED) is 0.0594. The Hall–Kier alpha value is -4.58. The van der Waals surface area contributed by atoms with Crippen molar-refractivity contribution in [2.75, 3.05) is 6.54 Å². The van der Waals surface area contributed by atoms with Gasteiger partial charge in [0.1, 0.15) is 30.2 Å². The van der Waals surface area contributed by atoms with Crippen molar-refractivity contribution in [1.29, 1.82) is 0 Å². The minimum Gasteiger partial charge on any atom is -0.480 e. The van der Waals surface area contributed by atoms with Gasteiger partial charge in [0.25, 0.3) is 0 Å². The van der Waals surface area contributed by atoms with Crippen LogP contribution in [0.5, 0.6) is 0 Å². The lowest BCUT2D eigenvalue weighted by Gasteiger charge is -2.29. The van der Waals surface area contributed by atoms with Crippen molar-refractivity contribution >= 4 is 41.4 Å². The molecule has 0 radical (unpaired) electrons. The number of nitrogens with one attached hydrogen (secondary N) is 6. The van der Waals surface area contributed by atoms with E-state index in [1.165, 1.54) is 19.4 Å². The third-order valence-corrected chi connectivity index (χ3v) is 7.18. The van der Waals surface area contributed by atoms with E-state index in [-0.39, 0.29) is 6.42 Å². The van der Waals surface area contributed by atoms with Gasteiger partial charge in [0.05, 0.1) is 18.8 Å². The number of rotatable bonds is 21. The van der Waals surface area contributed by atoms with Crippen molar-refractivity contribution in [3.8, 4) is 0 Å². The Kier molecular flexibility index (Phi) is 17.1. The normalized spacial score (nSPS) is 15.0.